The second kappa shape index (κ2) is 7.61. The maximum absolute atomic E-state index is 13.4. The van der Waals surface area contributed by atoms with E-state index in [1.165, 1.54) is 11.2 Å². The van der Waals surface area contributed by atoms with Crippen molar-refractivity contribution in [2.24, 2.45) is 5.10 Å². The third kappa shape index (κ3) is 3.23. The molecule has 0 bridgehead atoms. The Morgan fingerprint density at radius 1 is 1.22 bits per heavy atom. The second-order valence-corrected chi connectivity index (χ2v) is 7.81. The van der Waals surface area contributed by atoms with Gasteiger partial charge < -0.3 is 16.0 Å². The van der Waals surface area contributed by atoms with Gasteiger partial charge in [-0.3, -0.25) is 19.5 Å². The van der Waals surface area contributed by atoms with E-state index in [-0.39, 0.29) is 28.7 Å². The van der Waals surface area contributed by atoms with Gasteiger partial charge in [0.15, 0.2) is 17.5 Å². The molecule has 1 aromatic carbocycles. The molecule has 162 valence electrons. The lowest BCUT2D eigenvalue weighted by atomic mass is 10.1. The summed E-state index contributed by atoms with van der Waals surface area (Å²) in [6, 6.07) is 7.95. The molecule has 0 saturated carbocycles. The minimum atomic E-state index is -0.643. The van der Waals surface area contributed by atoms with Crippen molar-refractivity contribution in [2.75, 3.05) is 16.0 Å². The Balaban J connectivity index is 1.59. The molecule has 1 amide bonds. The summed E-state index contributed by atoms with van der Waals surface area (Å²) in [7, 11) is 0. The number of fused-ring (bicyclic) bond motifs is 2. The number of aromatic nitrogens is 4. The van der Waals surface area contributed by atoms with Crippen molar-refractivity contribution in [3.63, 3.8) is 0 Å². The predicted octanol–water partition coefficient (Wildman–Crippen LogP) is 1.26. The van der Waals surface area contributed by atoms with Crippen LogP contribution in [0.1, 0.15) is 6.92 Å². The first-order valence-electron chi connectivity index (χ1n) is 9.79. The highest BCUT2D eigenvalue weighted by Crippen LogP contribution is 2.30. The van der Waals surface area contributed by atoms with Crippen molar-refractivity contribution in [2.45, 2.75) is 24.4 Å². The number of nitrogen functional groups attached to an aromatic ring is 1. The summed E-state index contributed by atoms with van der Waals surface area (Å²) in [6.45, 7) is 1.80. The van der Waals surface area contributed by atoms with Gasteiger partial charge in [0, 0.05) is 6.20 Å². The number of H-pyrrole nitrogens is 1. The van der Waals surface area contributed by atoms with Crippen LogP contribution in [-0.2, 0) is 4.79 Å². The summed E-state index contributed by atoms with van der Waals surface area (Å²) >= 11 is 6.35. The molecule has 0 saturated heterocycles. The van der Waals surface area contributed by atoms with Crippen LogP contribution in [0.4, 0.5) is 17.5 Å². The van der Waals surface area contributed by atoms with Gasteiger partial charge in [-0.2, -0.15) is 15.1 Å². The van der Waals surface area contributed by atoms with E-state index < -0.39 is 23.0 Å². The van der Waals surface area contributed by atoms with E-state index in [9.17, 15) is 9.59 Å². The third-order valence-electron chi connectivity index (χ3n) is 5.20. The maximum atomic E-state index is 13.4. The number of nitrogens with two attached hydrogens (primary N) is 1. The number of aromatic amines is 1. The average Bonchev–Trinajstić information content (AvgIpc) is 3.15. The molecule has 0 fully saturated rings. The number of rotatable bonds is 4. The van der Waals surface area contributed by atoms with Crippen LogP contribution in [0, 0.1) is 0 Å². The van der Waals surface area contributed by atoms with Crippen molar-refractivity contribution >= 4 is 51.8 Å². The molecule has 2 unspecified atom stereocenters. The molecular weight excluding hydrogens is 434 g/mol. The molecule has 0 radical (unpaired) electrons. The van der Waals surface area contributed by atoms with Crippen LogP contribution < -0.4 is 21.5 Å². The Kier molecular flexibility index (Phi) is 4.74. The highest BCUT2D eigenvalue weighted by atomic mass is 35.5. The lowest BCUT2D eigenvalue weighted by Gasteiger charge is -2.38. The minimum absolute atomic E-state index is 0.0422. The first kappa shape index (κ1) is 19.9. The number of anilines is 3. The average molecular weight is 452 g/mol. The summed E-state index contributed by atoms with van der Waals surface area (Å²) in [4.78, 5) is 42.1. The van der Waals surface area contributed by atoms with Crippen LogP contribution in [0.2, 0.25) is 0 Å². The van der Waals surface area contributed by atoms with Gasteiger partial charge in [0.05, 0.1) is 23.4 Å². The number of alkyl halides is 1. The summed E-state index contributed by atoms with van der Waals surface area (Å²) in [6.07, 6.45) is 4.65. The Morgan fingerprint density at radius 3 is 2.78 bits per heavy atom. The molecule has 2 aromatic heterocycles. The summed E-state index contributed by atoms with van der Waals surface area (Å²) in [5.41, 5.74) is 6.20. The van der Waals surface area contributed by atoms with Gasteiger partial charge >= 0.3 is 0 Å². The van der Waals surface area contributed by atoms with Crippen molar-refractivity contribution in [1.29, 1.82) is 0 Å². The Bertz CT molecular complexity index is 1320. The molecule has 32 heavy (non-hydrogen) atoms. The van der Waals surface area contributed by atoms with E-state index in [1.807, 2.05) is 30.3 Å². The van der Waals surface area contributed by atoms with Gasteiger partial charge in [-0.05, 0) is 25.1 Å². The second-order valence-electron chi connectivity index (χ2n) is 7.30. The monoisotopic (exact) mass is 451 g/mol. The van der Waals surface area contributed by atoms with Crippen molar-refractivity contribution < 1.29 is 4.79 Å². The molecule has 0 aliphatic carbocycles. The summed E-state index contributed by atoms with van der Waals surface area (Å²) in [5.74, 6) is 0.330. The van der Waals surface area contributed by atoms with Crippen molar-refractivity contribution in [3.8, 4) is 0 Å². The normalized spacial score (nSPS) is 20.9. The van der Waals surface area contributed by atoms with Crippen LogP contribution in [0.25, 0.3) is 11.0 Å². The fourth-order valence-electron chi connectivity index (χ4n) is 3.75. The SMILES string of the molecule is C[C@H](Nc1nc(N)nc2nc[nH]c(=O)c12)C1=NN2C=CC(Cl)C2C(=O)N1c1ccccc1. The van der Waals surface area contributed by atoms with E-state index in [1.54, 1.807) is 24.2 Å². The standard InChI is InChI=1S/C20H18ClN9O2/c1-10(25-16-13-15(26-20(22)27-16)23-9-24-18(13)31)17-28-29-8-7-12(21)14(29)19(32)30(17)11-5-3-2-4-6-11/h2-10,12,14H,1H3,(H4,22,23,24,25,26,27,31)/t10-,12?,14?/m0/s1. The first-order chi connectivity index (χ1) is 15.4. The van der Waals surface area contributed by atoms with E-state index in [0.29, 0.717) is 11.5 Å². The molecule has 12 heteroatoms. The fraction of sp³-hybridized carbons (Fsp3) is 0.200. The lowest BCUT2D eigenvalue weighted by molar-refractivity contribution is -0.122. The highest BCUT2D eigenvalue weighted by Gasteiger charge is 2.44. The number of benzene rings is 1. The zero-order valence-corrected chi connectivity index (χ0v) is 17.6. The number of amidine groups is 1. The Labute approximate surface area is 186 Å². The zero-order valence-electron chi connectivity index (χ0n) is 16.8. The number of hydrogen-bond acceptors (Lipinski definition) is 9. The number of nitrogens with zero attached hydrogens (tertiary/aromatic N) is 6. The van der Waals surface area contributed by atoms with Crippen LogP contribution in [-0.4, -0.2) is 54.1 Å². The number of carbonyl (C=O) groups excluding carboxylic acids is 1. The lowest BCUT2D eigenvalue weighted by Crippen LogP contribution is -2.58. The van der Waals surface area contributed by atoms with Crippen molar-refractivity contribution in [3.05, 3.63) is 59.3 Å². The van der Waals surface area contributed by atoms with Crippen molar-refractivity contribution in [1.82, 2.24) is 24.9 Å². The number of halogens is 1. The number of para-hydroxylation sites is 1. The molecule has 2 aliphatic heterocycles. The van der Waals surface area contributed by atoms with Gasteiger partial charge in [0.25, 0.3) is 11.5 Å². The number of carbonyl (C=O) groups is 1. The topological polar surface area (TPSA) is 145 Å². The van der Waals surface area contributed by atoms with Gasteiger partial charge in [0.1, 0.15) is 11.2 Å². The highest BCUT2D eigenvalue weighted by molar-refractivity contribution is 6.28. The van der Waals surface area contributed by atoms with E-state index in [4.69, 9.17) is 17.3 Å². The third-order valence-corrected chi connectivity index (χ3v) is 5.59. The molecule has 0 spiro atoms. The molecular formula is C20H18ClN9O2. The maximum Gasteiger partial charge on any atom is 0.263 e. The number of hydrogen-bond donors (Lipinski definition) is 3. The summed E-state index contributed by atoms with van der Waals surface area (Å²) < 4.78 is 0. The largest absolute Gasteiger partial charge is 0.368 e. The van der Waals surface area contributed by atoms with Crippen LogP contribution in [0.15, 0.2) is 58.8 Å². The van der Waals surface area contributed by atoms with Gasteiger partial charge in [-0.15, -0.1) is 11.6 Å². The number of nitrogens with one attached hydrogen (secondary N) is 2. The number of hydrazone groups is 1. The molecule has 5 rings (SSSR count). The van der Waals surface area contributed by atoms with Crippen LogP contribution in [0.5, 0.6) is 0 Å². The van der Waals surface area contributed by atoms with Gasteiger partial charge in [0.2, 0.25) is 5.95 Å². The van der Waals surface area contributed by atoms with E-state index in [2.05, 4.69) is 30.4 Å². The molecule has 2 aliphatic rings. The number of amides is 1. The molecule has 11 nitrogen and oxygen atoms in total. The van der Waals surface area contributed by atoms with Gasteiger partial charge in [-0.1, -0.05) is 18.2 Å². The fourth-order valence-corrected chi connectivity index (χ4v) is 4.04. The zero-order chi connectivity index (χ0) is 22.4. The molecule has 4 N–H and O–H groups in total. The molecule has 4 heterocycles. The Morgan fingerprint density at radius 2 is 2.00 bits per heavy atom. The van der Waals surface area contributed by atoms with E-state index >= 15 is 0 Å². The van der Waals surface area contributed by atoms with Gasteiger partial charge in [-0.25, -0.2) is 4.98 Å². The Hall–Kier alpha value is -3.99. The predicted molar refractivity (Wildman–Crippen MR) is 121 cm³/mol. The molecule has 3 aromatic rings. The van der Waals surface area contributed by atoms with Crippen LogP contribution >= 0.6 is 11.6 Å². The summed E-state index contributed by atoms with van der Waals surface area (Å²) in [5, 5.41) is 9.02. The molecule has 3 atom stereocenters. The van der Waals surface area contributed by atoms with E-state index in [0.717, 1.165) is 0 Å². The smallest absolute Gasteiger partial charge is 0.263 e. The first-order valence-corrected chi connectivity index (χ1v) is 10.2. The quantitative estimate of drug-likeness (QED) is 0.502. The minimum Gasteiger partial charge on any atom is -0.368 e. The van der Waals surface area contributed by atoms with Crippen LogP contribution in [0.3, 0.4) is 0 Å².